The van der Waals surface area contributed by atoms with Gasteiger partial charge in [-0.3, -0.25) is 0 Å². The summed E-state index contributed by atoms with van der Waals surface area (Å²) in [4.78, 5) is 2.74. The zero-order valence-electron chi connectivity index (χ0n) is 8.82. The molecule has 0 radical (unpaired) electrons. The second-order valence-corrected chi connectivity index (χ2v) is 3.75. The molecule has 1 heterocycles. The first-order chi connectivity index (χ1) is 7.48. The number of hydrogen-bond acceptors (Lipinski definition) is 0. The molecule has 0 amide bonds. The molecule has 5 heteroatoms. The highest BCUT2D eigenvalue weighted by Crippen LogP contribution is 2.34. The first-order valence-electron chi connectivity index (χ1n) is 4.82. The van der Waals surface area contributed by atoms with E-state index in [2.05, 4.69) is 20.9 Å². The van der Waals surface area contributed by atoms with Gasteiger partial charge in [-0.05, 0) is 18.2 Å². The van der Waals surface area contributed by atoms with Crippen molar-refractivity contribution in [2.45, 2.75) is 20.0 Å². The Hall–Kier alpha value is -0.970. The Morgan fingerprint density at radius 3 is 2.38 bits per heavy atom. The predicted octanol–water partition coefficient (Wildman–Crippen LogP) is 4.98. The quantitative estimate of drug-likeness (QED) is 0.705. The van der Waals surface area contributed by atoms with Gasteiger partial charge in [0.25, 0.3) is 0 Å². The Morgan fingerprint density at radius 2 is 1.81 bits per heavy atom. The highest BCUT2D eigenvalue weighted by molar-refractivity contribution is 9.10. The lowest BCUT2D eigenvalue weighted by molar-refractivity contribution is -0.137. The molecule has 1 nitrogen and oxygen atoms in total. The van der Waals surface area contributed by atoms with Crippen LogP contribution in [0.4, 0.5) is 13.2 Å². The maximum atomic E-state index is 12.4. The van der Waals surface area contributed by atoms with Crippen molar-refractivity contribution in [2.24, 2.45) is 0 Å². The zero-order valence-corrected chi connectivity index (χ0v) is 10.4. The molecule has 0 bridgehead atoms. The summed E-state index contributed by atoms with van der Waals surface area (Å²) in [5.74, 6) is 0. The van der Waals surface area contributed by atoms with Gasteiger partial charge < -0.3 is 4.98 Å². The molecular weight excluding hydrogens is 283 g/mol. The molecule has 0 unspecified atom stereocenters. The van der Waals surface area contributed by atoms with Crippen LogP contribution in [0.3, 0.4) is 0 Å². The van der Waals surface area contributed by atoms with E-state index in [1.807, 2.05) is 13.8 Å². The van der Waals surface area contributed by atoms with E-state index in [-0.39, 0.29) is 0 Å². The van der Waals surface area contributed by atoms with Crippen LogP contribution in [-0.2, 0) is 6.18 Å². The van der Waals surface area contributed by atoms with Gasteiger partial charge in [0, 0.05) is 21.6 Å². The molecule has 0 saturated carbocycles. The number of rotatable bonds is 0. The van der Waals surface area contributed by atoms with Crippen molar-refractivity contribution in [3.8, 4) is 0 Å². The van der Waals surface area contributed by atoms with E-state index in [9.17, 15) is 13.2 Å². The van der Waals surface area contributed by atoms with E-state index >= 15 is 0 Å². The van der Waals surface area contributed by atoms with Crippen molar-refractivity contribution in [2.75, 3.05) is 0 Å². The topological polar surface area (TPSA) is 15.8 Å². The van der Waals surface area contributed by atoms with Crippen LogP contribution in [0.1, 0.15) is 19.4 Å². The van der Waals surface area contributed by atoms with Crippen LogP contribution >= 0.6 is 15.9 Å². The van der Waals surface area contributed by atoms with Gasteiger partial charge in [-0.1, -0.05) is 29.8 Å². The minimum atomic E-state index is -4.30. The highest BCUT2D eigenvalue weighted by Gasteiger charge is 2.31. The number of fused-ring (bicyclic) bond motifs is 1. The smallest absolute Gasteiger partial charge is 0.361 e. The van der Waals surface area contributed by atoms with Gasteiger partial charge in [0.1, 0.15) is 0 Å². The van der Waals surface area contributed by atoms with E-state index < -0.39 is 11.7 Å². The summed E-state index contributed by atoms with van der Waals surface area (Å²) >= 11 is 3.10. The highest BCUT2D eigenvalue weighted by atomic mass is 79.9. The van der Waals surface area contributed by atoms with Crippen LogP contribution in [-0.4, -0.2) is 4.98 Å². The van der Waals surface area contributed by atoms with Crippen LogP contribution in [0.5, 0.6) is 0 Å². The van der Waals surface area contributed by atoms with Crippen molar-refractivity contribution in [3.63, 3.8) is 0 Å². The number of benzene rings is 1. The first kappa shape index (κ1) is 13.1. The molecule has 0 saturated heterocycles. The van der Waals surface area contributed by atoms with E-state index in [0.29, 0.717) is 9.99 Å². The van der Waals surface area contributed by atoms with Crippen molar-refractivity contribution >= 4 is 26.8 Å². The van der Waals surface area contributed by atoms with Crippen LogP contribution < -0.4 is 0 Å². The molecule has 0 fully saturated rings. The van der Waals surface area contributed by atoms with Crippen LogP contribution in [0, 0.1) is 0 Å². The van der Waals surface area contributed by atoms with Crippen LogP contribution in [0.2, 0.25) is 0 Å². The Morgan fingerprint density at radius 1 is 1.19 bits per heavy atom. The summed E-state index contributed by atoms with van der Waals surface area (Å²) in [5.41, 5.74) is -0.175. The average Bonchev–Trinajstić information content (AvgIpc) is 2.68. The second kappa shape index (κ2) is 4.91. The van der Waals surface area contributed by atoms with Gasteiger partial charge in [-0.25, -0.2) is 0 Å². The van der Waals surface area contributed by atoms with Gasteiger partial charge in [-0.15, -0.1) is 0 Å². The monoisotopic (exact) mass is 293 g/mol. The normalized spacial score (nSPS) is 11.1. The summed E-state index contributed by atoms with van der Waals surface area (Å²) < 4.78 is 37.5. The van der Waals surface area contributed by atoms with E-state index in [1.165, 1.54) is 0 Å². The van der Waals surface area contributed by atoms with Crippen molar-refractivity contribution in [3.05, 3.63) is 34.4 Å². The number of halogens is 4. The number of aromatic amines is 1. The molecule has 0 aliphatic heterocycles. The Labute approximate surface area is 99.8 Å². The Balaban J connectivity index is 0.000000606. The third-order valence-corrected chi connectivity index (χ3v) is 2.60. The van der Waals surface area contributed by atoms with E-state index in [1.54, 1.807) is 12.3 Å². The standard InChI is InChI=1S/C9H5BrF3N.C2H6/c10-7-3-5(9(11,12)13)4-8-6(7)1-2-14-8;1-2/h1-4,14H;1-2H3. The third kappa shape index (κ3) is 2.58. The van der Waals surface area contributed by atoms with Gasteiger partial charge >= 0.3 is 6.18 Å². The van der Waals surface area contributed by atoms with E-state index in [4.69, 9.17) is 0 Å². The zero-order chi connectivity index (χ0) is 12.3. The van der Waals surface area contributed by atoms with Crippen molar-refractivity contribution < 1.29 is 13.2 Å². The molecule has 1 aromatic carbocycles. The van der Waals surface area contributed by atoms with Crippen LogP contribution in [0.25, 0.3) is 10.9 Å². The molecule has 0 atom stereocenters. The fourth-order valence-electron chi connectivity index (χ4n) is 1.29. The Kier molecular flexibility index (Phi) is 4.02. The summed E-state index contributed by atoms with van der Waals surface area (Å²) in [5, 5.41) is 0.748. The fraction of sp³-hybridized carbons (Fsp3) is 0.273. The Bertz CT molecular complexity index is 474. The second-order valence-electron chi connectivity index (χ2n) is 2.89. The number of hydrogen-bond donors (Lipinski definition) is 1. The number of aromatic nitrogens is 1. The molecule has 2 aromatic rings. The molecule has 16 heavy (non-hydrogen) atoms. The minimum Gasteiger partial charge on any atom is -0.361 e. The lowest BCUT2D eigenvalue weighted by Crippen LogP contribution is -2.04. The molecule has 0 aliphatic carbocycles. The SMILES string of the molecule is CC.FC(F)(F)c1cc(Br)c2cc[nH]c2c1. The molecule has 2 rings (SSSR count). The van der Waals surface area contributed by atoms with Crippen molar-refractivity contribution in [1.82, 2.24) is 4.98 Å². The minimum absolute atomic E-state index is 0.448. The van der Waals surface area contributed by atoms with Gasteiger partial charge in [0.2, 0.25) is 0 Å². The number of alkyl halides is 3. The van der Waals surface area contributed by atoms with Gasteiger partial charge in [0.05, 0.1) is 5.56 Å². The predicted molar refractivity (Wildman–Crippen MR) is 62.3 cm³/mol. The van der Waals surface area contributed by atoms with Gasteiger partial charge in [0.15, 0.2) is 0 Å². The molecule has 1 aromatic heterocycles. The summed E-state index contributed by atoms with van der Waals surface area (Å²) in [7, 11) is 0. The maximum absolute atomic E-state index is 12.4. The largest absolute Gasteiger partial charge is 0.416 e. The summed E-state index contributed by atoms with van der Waals surface area (Å²) in [6.07, 6.45) is -2.70. The molecule has 0 aliphatic rings. The fourth-order valence-corrected chi connectivity index (χ4v) is 1.88. The van der Waals surface area contributed by atoms with Crippen molar-refractivity contribution in [1.29, 1.82) is 0 Å². The van der Waals surface area contributed by atoms with Crippen LogP contribution in [0.15, 0.2) is 28.9 Å². The maximum Gasteiger partial charge on any atom is 0.416 e. The molecule has 1 N–H and O–H groups in total. The lowest BCUT2D eigenvalue weighted by atomic mass is 10.1. The van der Waals surface area contributed by atoms with E-state index in [0.717, 1.165) is 17.5 Å². The summed E-state index contributed by atoms with van der Waals surface area (Å²) in [6.45, 7) is 4.00. The summed E-state index contributed by atoms with van der Waals surface area (Å²) in [6, 6.07) is 3.90. The molecular formula is C11H11BrF3N. The van der Waals surface area contributed by atoms with Gasteiger partial charge in [-0.2, -0.15) is 13.2 Å². The average molecular weight is 294 g/mol. The lowest BCUT2D eigenvalue weighted by Gasteiger charge is -2.07. The molecule has 0 spiro atoms. The number of H-pyrrole nitrogens is 1. The first-order valence-corrected chi connectivity index (χ1v) is 5.61. The molecule has 88 valence electrons. The number of nitrogens with one attached hydrogen (secondary N) is 1. The third-order valence-electron chi connectivity index (χ3n) is 1.95.